The van der Waals surface area contributed by atoms with Gasteiger partial charge < -0.3 is 5.73 Å². The van der Waals surface area contributed by atoms with Gasteiger partial charge >= 0.3 is 0 Å². The molecule has 2 nitrogen and oxygen atoms in total. The van der Waals surface area contributed by atoms with E-state index in [0.717, 1.165) is 35.2 Å². The Morgan fingerprint density at radius 3 is 2.79 bits per heavy atom. The number of rotatable bonds is 3. The maximum atomic E-state index is 6.33. The predicted molar refractivity (Wildman–Crippen MR) is 85.6 cm³/mol. The Labute approximate surface area is 125 Å². The summed E-state index contributed by atoms with van der Waals surface area (Å²) in [4.78, 5) is 2.91. The van der Waals surface area contributed by atoms with Crippen molar-refractivity contribution in [2.45, 2.75) is 39.3 Å². The molecular weight excluding hydrogens is 276 g/mol. The van der Waals surface area contributed by atoms with E-state index < -0.39 is 0 Å². The Morgan fingerprint density at radius 2 is 2.16 bits per heavy atom. The van der Waals surface area contributed by atoms with Crippen LogP contribution in [-0.2, 0) is 6.54 Å². The highest BCUT2D eigenvalue weighted by atomic mass is 35.5. The number of piperidine rings is 1. The molecule has 2 N–H and O–H groups in total. The van der Waals surface area contributed by atoms with Gasteiger partial charge in [-0.25, -0.2) is 0 Å². The zero-order valence-corrected chi connectivity index (χ0v) is 13.1. The van der Waals surface area contributed by atoms with Gasteiger partial charge in [0.05, 0.1) is 0 Å². The fourth-order valence-corrected chi connectivity index (χ4v) is 3.02. The molecule has 19 heavy (non-hydrogen) atoms. The van der Waals surface area contributed by atoms with Gasteiger partial charge in [-0.3, -0.25) is 4.90 Å². The van der Waals surface area contributed by atoms with Crippen molar-refractivity contribution in [3.8, 4) is 0 Å². The standard InChI is InChI=1S/C15H21ClN2S/c1-10-3-4-11(2)18(8-10)9-13-6-5-12(15(17)19)7-14(13)16/h5-7,10-11H,3-4,8-9H2,1-2H3,(H2,17,19). The van der Waals surface area contributed by atoms with Crippen molar-refractivity contribution >= 4 is 28.8 Å². The highest BCUT2D eigenvalue weighted by Crippen LogP contribution is 2.26. The molecule has 1 heterocycles. The number of hydrogen-bond acceptors (Lipinski definition) is 2. The monoisotopic (exact) mass is 296 g/mol. The van der Waals surface area contributed by atoms with Crippen molar-refractivity contribution in [3.05, 3.63) is 34.3 Å². The van der Waals surface area contributed by atoms with Crippen LogP contribution in [-0.4, -0.2) is 22.5 Å². The third kappa shape index (κ3) is 3.68. The van der Waals surface area contributed by atoms with Crippen molar-refractivity contribution in [2.24, 2.45) is 11.7 Å². The quantitative estimate of drug-likeness (QED) is 0.864. The van der Waals surface area contributed by atoms with Gasteiger partial charge in [-0.15, -0.1) is 0 Å². The van der Waals surface area contributed by atoms with Crippen LogP contribution in [0.2, 0.25) is 5.02 Å². The van der Waals surface area contributed by atoms with Crippen LogP contribution in [0.4, 0.5) is 0 Å². The van der Waals surface area contributed by atoms with Crippen molar-refractivity contribution in [3.63, 3.8) is 0 Å². The molecule has 1 aromatic carbocycles. The Balaban J connectivity index is 2.12. The van der Waals surface area contributed by atoms with Crippen LogP contribution in [0.3, 0.4) is 0 Å². The van der Waals surface area contributed by atoms with Crippen LogP contribution in [0, 0.1) is 5.92 Å². The van der Waals surface area contributed by atoms with E-state index in [-0.39, 0.29) is 0 Å². The van der Waals surface area contributed by atoms with Gasteiger partial charge in [-0.2, -0.15) is 0 Å². The van der Waals surface area contributed by atoms with Crippen LogP contribution in [0.1, 0.15) is 37.8 Å². The molecule has 2 atom stereocenters. The predicted octanol–water partition coefficient (Wildman–Crippen LogP) is 3.59. The van der Waals surface area contributed by atoms with E-state index in [0.29, 0.717) is 11.0 Å². The molecule has 1 saturated heterocycles. The van der Waals surface area contributed by atoms with E-state index in [1.165, 1.54) is 12.8 Å². The molecule has 4 heteroatoms. The molecule has 1 fully saturated rings. The molecule has 2 rings (SSSR count). The molecule has 0 saturated carbocycles. The van der Waals surface area contributed by atoms with E-state index in [9.17, 15) is 0 Å². The fourth-order valence-electron chi connectivity index (χ4n) is 2.65. The molecule has 0 bridgehead atoms. The Morgan fingerprint density at radius 1 is 1.42 bits per heavy atom. The van der Waals surface area contributed by atoms with Crippen molar-refractivity contribution < 1.29 is 0 Å². The molecule has 0 aromatic heterocycles. The summed E-state index contributed by atoms with van der Waals surface area (Å²) in [6.45, 7) is 6.66. The number of nitrogens with two attached hydrogens (primary N) is 1. The first-order chi connectivity index (χ1) is 8.97. The Bertz CT molecular complexity index is 475. The zero-order valence-electron chi connectivity index (χ0n) is 11.5. The number of nitrogens with zero attached hydrogens (tertiary/aromatic N) is 1. The minimum atomic E-state index is 0.397. The molecule has 0 radical (unpaired) electrons. The van der Waals surface area contributed by atoms with E-state index >= 15 is 0 Å². The van der Waals surface area contributed by atoms with Gasteiger partial charge in [0, 0.05) is 29.7 Å². The zero-order chi connectivity index (χ0) is 14.0. The van der Waals surface area contributed by atoms with Crippen LogP contribution >= 0.6 is 23.8 Å². The molecule has 0 amide bonds. The van der Waals surface area contributed by atoms with E-state index in [1.807, 2.05) is 18.2 Å². The average Bonchev–Trinajstić information content (AvgIpc) is 2.36. The lowest BCUT2D eigenvalue weighted by Crippen LogP contribution is -2.40. The second-order valence-corrected chi connectivity index (χ2v) is 6.48. The van der Waals surface area contributed by atoms with E-state index in [2.05, 4.69) is 18.7 Å². The van der Waals surface area contributed by atoms with Gasteiger partial charge in [0.15, 0.2) is 0 Å². The summed E-state index contributed by atoms with van der Waals surface area (Å²) in [5.74, 6) is 0.769. The van der Waals surface area contributed by atoms with Gasteiger partial charge in [0.25, 0.3) is 0 Å². The number of likely N-dealkylation sites (tertiary alicyclic amines) is 1. The summed E-state index contributed by atoms with van der Waals surface area (Å²) in [6, 6.07) is 6.50. The second-order valence-electron chi connectivity index (χ2n) is 5.63. The third-order valence-electron chi connectivity index (χ3n) is 3.96. The Kier molecular flexibility index (Phi) is 4.82. The number of thiocarbonyl (C=S) groups is 1. The summed E-state index contributed by atoms with van der Waals surface area (Å²) in [5, 5.41) is 0.760. The van der Waals surface area contributed by atoms with E-state index in [1.54, 1.807) is 0 Å². The average molecular weight is 297 g/mol. The van der Waals surface area contributed by atoms with Gasteiger partial charge in [0.2, 0.25) is 0 Å². The van der Waals surface area contributed by atoms with Crippen molar-refractivity contribution in [2.75, 3.05) is 6.54 Å². The minimum Gasteiger partial charge on any atom is -0.389 e. The normalized spacial score (nSPS) is 24.4. The third-order valence-corrected chi connectivity index (χ3v) is 4.55. The highest BCUT2D eigenvalue weighted by molar-refractivity contribution is 7.80. The first kappa shape index (κ1) is 14.8. The first-order valence-corrected chi connectivity index (χ1v) is 7.58. The minimum absolute atomic E-state index is 0.397. The largest absolute Gasteiger partial charge is 0.389 e. The maximum absolute atomic E-state index is 6.33. The number of benzene rings is 1. The lowest BCUT2D eigenvalue weighted by atomic mass is 9.94. The number of halogens is 1. The lowest BCUT2D eigenvalue weighted by molar-refractivity contribution is 0.117. The molecule has 1 aliphatic rings. The summed E-state index contributed by atoms with van der Waals surface area (Å²) >= 11 is 11.3. The van der Waals surface area contributed by atoms with Crippen LogP contribution in [0.5, 0.6) is 0 Å². The van der Waals surface area contributed by atoms with Gasteiger partial charge in [-0.1, -0.05) is 42.9 Å². The summed E-state index contributed by atoms with van der Waals surface area (Å²) in [5.41, 5.74) is 7.61. The fraction of sp³-hybridized carbons (Fsp3) is 0.533. The molecule has 1 aromatic rings. The first-order valence-electron chi connectivity index (χ1n) is 6.79. The van der Waals surface area contributed by atoms with Crippen LogP contribution < -0.4 is 5.73 Å². The van der Waals surface area contributed by atoms with Crippen molar-refractivity contribution in [1.29, 1.82) is 0 Å². The molecule has 1 aliphatic heterocycles. The summed E-state index contributed by atoms with van der Waals surface area (Å²) in [6.07, 6.45) is 2.59. The molecule has 104 valence electrons. The SMILES string of the molecule is CC1CCC(C)N(Cc2ccc(C(N)=S)cc2Cl)C1. The molecule has 2 unspecified atom stereocenters. The highest BCUT2D eigenvalue weighted by Gasteiger charge is 2.23. The maximum Gasteiger partial charge on any atom is 0.104 e. The van der Waals surface area contributed by atoms with Crippen molar-refractivity contribution in [1.82, 2.24) is 4.90 Å². The summed E-state index contributed by atoms with van der Waals surface area (Å²) < 4.78 is 0. The van der Waals surface area contributed by atoms with Crippen LogP contribution in [0.15, 0.2) is 18.2 Å². The van der Waals surface area contributed by atoms with Gasteiger partial charge in [-0.05, 0) is 37.3 Å². The topological polar surface area (TPSA) is 29.3 Å². The second kappa shape index (κ2) is 6.21. The van der Waals surface area contributed by atoms with E-state index in [4.69, 9.17) is 29.6 Å². The molecular formula is C15H21ClN2S. The smallest absolute Gasteiger partial charge is 0.104 e. The number of hydrogen-bond donors (Lipinski definition) is 1. The summed E-state index contributed by atoms with van der Waals surface area (Å²) in [7, 11) is 0. The molecule has 0 aliphatic carbocycles. The van der Waals surface area contributed by atoms with Crippen LogP contribution in [0.25, 0.3) is 0 Å². The van der Waals surface area contributed by atoms with Gasteiger partial charge in [0.1, 0.15) is 4.99 Å². The lowest BCUT2D eigenvalue weighted by Gasteiger charge is -2.37. The molecule has 0 spiro atoms. The Hall–Kier alpha value is -0.640.